The summed E-state index contributed by atoms with van der Waals surface area (Å²) in [5.41, 5.74) is 6.63. The molecule has 0 spiro atoms. The summed E-state index contributed by atoms with van der Waals surface area (Å²) in [4.78, 5) is 1.95. The molecule has 0 aliphatic heterocycles. The van der Waals surface area contributed by atoms with E-state index in [1.807, 2.05) is 126 Å². The highest BCUT2D eigenvalue weighted by Crippen LogP contribution is 2.61. The zero-order valence-electron chi connectivity index (χ0n) is 39.3. The first kappa shape index (κ1) is 46.1. The molecular weight excluding hydrogens is 940 g/mol. The summed E-state index contributed by atoms with van der Waals surface area (Å²) < 4.78 is 112. The topological polar surface area (TPSA) is 3.24 Å². The van der Waals surface area contributed by atoms with Crippen molar-refractivity contribution in [2.24, 2.45) is 0 Å². The van der Waals surface area contributed by atoms with Gasteiger partial charge in [0.1, 0.15) is 40.7 Å². The summed E-state index contributed by atoms with van der Waals surface area (Å²) in [7, 11) is 0. The van der Waals surface area contributed by atoms with Crippen molar-refractivity contribution in [1.29, 1.82) is 0 Å². The lowest BCUT2D eigenvalue weighted by Crippen LogP contribution is -2.32. The second kappa shape index (κ2) is 17.6. The summed E-state index contributed by atoms with van der Waals surface area (Å²) in [6, 6.07) is 57.1. The fraction of sp³-hybridized carbons (Fsp3) is 0.0303. The molecule has 2 unspecified atom stereocenters. The van der Waals surface area contributed by atoms with Crippen LogP contribution in [0.2, 0.25) is 0 Å². The highest BCUT2D eigenvalue weighted by Gasteiger charge is 2.51. The Morgan fingerprint density at radius 1 is 0.324 bits per heavy atom. The predicted octanol–water partition coefficient (Wildman–Crippen LogP) is 17.8. The smallest absolute Gasteiger partial charge is 0.133 e. The molecule has 358 valence electrons. The Bertz CT molecular complexity index is 3640. The van der Waals surface area contributed by atoms with Crippen molar-refractivity contribution in [2.75, 3.05) is 4.90 Å². The Labute approximate surface area is 423 Å². The third-order valence-electron chi connectivity index (χ3n) is 14.8. The number of nitrogens with zero attached hydrogens (tertiary/aromatic N) is 1. The fourth-order valence-electron chi connectivity index (χ4n) is 11.7. The van der Waals surface area contributed by atoms with Crippen LogP contribution in [0.3, 0.4) is 0 Å². The lowest BCUT2D eigenvalue weighted by Gasteiger charge is -2.36. The Kier molecular flexibility index (Phi) is 11.0. The van der Waals surface area contributed by atoms with Crippen molar-refractivity contribution in [3.05, 3.63) is 316 Å². The summed E-state index contributed by atoms with van der Waals surface area (Å²) in [5, 5.41) is 0. The van der Waals surface area contributed by atoms with Gasteiger partial charge < -0.3 is 4.90 Å². The van der Waals surface area contributed by atoms with Crippen LogP contribution in [0.1, 0.15) is 55.6 Å². The number of fused-ring (bicyclic) bond motifs is 6. The lowest BCUT2D eigenvalue weighted by molar-refractivity contribution is 0.502. The number of hydrogen-bond donors (Lipinski definition) is 0. The molecule has 10 aromatic rings. The van der Waals surface area contributed by atoms with Gasteiger partial charge in [0.15, 0.2) is 0 Å². The van der Waals surface area contributed by atoms with E-state index in [0.717, 1.165) is 22.3 Å². The van der Waals surface area contributed by atoms with E-state index < -0.39 is 45.7 Å². The van der Waals surface area contributed by atoms with Crippen LogP contribution in [0.15, 0.2) is 219 Å². The first-order chi connectivity index (χ1) is 35.9. The van der Waals surface area contributed by atoms with Crippen LogP contribution in [-0.2, 0) is 10.8 Å². The highest BCUT2D eigenvalue weighted by molar-refractivity contribution is 5.92. The molecule has 0 aromatic heterocycles. The molecule has 0 amide bonds. The van der Waals surface area contributed by atoms with Gasteiger partial charge in [0.25, 0.3) is 0 Å². The normalized spacial score (nSPS) is 16.0. The van der Waals surface area contributed by atoms with Crippen molar-refractivity contribution in [3.63, 3.8) is 0 Å². The van der Waals surface area contributed by atoms with Gasteiger partial charge in [0.2, 0.25) is 0 Å². The average Bonchev–Trinajstić information content (AvgIpc) is 3.87. The molecule has 1 nitrogen and oxygen atoms in total. The maximum absolute atomic E-state index is 16.9. The molecule has 2 aliphatic rings. The standard InChI is InChI=1S/C66H40F7N/c1-3-39-13-21-43(22-14-39)65(63-59(70)33-46(68)34-60(63)71)55-11-7-5-9-51(55)53-31-29-49(37-57(53)65)74(48-27-19-42(20-28-48)41-17-25-45(67)26-18-41)50-30-32-54-52-10-6-8-12-56(52)66(58(54)38-50,44-23-15-40(4-2)16-24-44)64-61(72)35-47(69)36-62(64)73/h3-38H,1-2H2. The number of rotatable bonds is 10. The van der Waals surface area contributed by atoms with Gasteiger partial charge in [-0.25, -0.2) is 30.7 Å². The summed E-state index contributed by atoms with van der Waals surface area (Å²) in [6.07, 6.45) is 3.34. The number of halogens is 7. The third kappa shape index (κ3) is 6.92. The highest BCUT2D eigenvalue weighted by atomic mass is 19.2. The molecule has 10 aromatic carbocycles. The maximum atomic E-state index is 16.9. The Balaban J connectivity index is 1.16. The van der Waals surface area contributed by atoms with Gasteiger partial charge in [0.05, 0.1) is 10.8 Å². The minimum absolute atomic E-state index is 0.366. The molecule has 12 rings (SSSR count). The second-order valence-electron chi connectivity index (χ2n) is 18.6. The Hall–Kier alpha value is -9.01. The Morgan fingerprint density at radius 3 is 1.07 bits per heavy atom. The van der Waals surface area contributed by atoms with Crippen LogP contribution in [0.4, 0.5) is 47.8 Å². The van der Waals surface area contributed by atoms with Crippen molar-refractivity contribution in [1.82, 2.24) is 0 Å². The van der Waals surface area contributed by atoms with E-state index in [0.29, 0.717) is 97.0 Å². The summed E-state index contributed by atoms with van der Waals surface area (Å²) in [5.74, 6) is -6.82. The molecule has 8 heteroatoms. The number of benzene rings is 10. The largest absolute Gasteiger partial charge is 0.310 e. The molecule has 0 fully saturated rings. The van der Waals surface area contributed by atoms with Gasteiger partial charge >= 0.3 is 0 Å². The van der Waals surface area contributed by atoms with Crippen LogP contribution in [0.25, 0.3) is 45.5 Å². The van der Waals surface area contributed by atoms with E-state index in [9.17, 15) is 13.2 Å². The predicted molar refractivity (Wildman–Crippen MR) is 281 cm³/mol. The van der Waals surface area contributed by atoms with E-state index in [2.05, 4.69) is 13.2 Å². The second-order valence-corrected chi connectivity index (χ2v) is 18.6. The van der Waals surface area contributed by atoms with Gasteiger partial charge in [-0.2, -0.15) is 0 Å². The average molecular weight is 980 g/mol. The van der Waals surface area contributed by atoms with Crippen molar-refractivity contribution in [2.45, 2.75) is 10.8 Å². The van der Waals surface area contributed by atoms with Gasteiger partial charge in [-0.05, 0) is 126 Å². The summed E-state index contributed by atoms with van der Waals surface area (Å²) in [6.45, 7) is 7.83. The molecule has 0 saturated carbocycles. The number of anilines is 3. The van der Waals surface area contributed by atoms with Crippen LogP contribution >= 0.6 is 0 Å². The third-order valence-corrected chi connectivity index (χ3v) is 14.8. The maximum Gasteiger partial charge on any atom is 0.133 e. The SMILES string of the molecule is C=Cc1ccc(C2(c3c(F)cc(F)cc3F)c3ccccc3-c3ccc(N(c4ccc(-c5ccc(F)cc5)cc4)c4ccc5c(c4)C(c4ccc(C=C)cc4)(c4c(F)cc(F)cc4F)c4ccccc4-5)cc32)cc1. The molecule has 0 bridgehead atoms. The van der Waals surface area contributed by atoms with Crippen LogP contribution in [0.5, 0.6) is 0 Å². The van der Waals surface area contributed by atoms with E-state index in [1.165, 1.54) is 12.1 Å². The summed E-state index contributed by atoms with van der Waals surface area (Å²) >= 11 is 0. The zero-order chi connectivity index (χ0) is 51.0. The number of hydrogen-bond acceptors (Lipinski definition) is 1. The van der Waals surface area contributed by atoms with Gasteiger partial charge in [-0.15, -0.1) is 0 Å². The zero-order valence-corrected chi connectivity index (χ0v) is 39.3. The molecule has 74 heavy (non-hydrogen) atoms. The molecular formula is C66H40F7N. The minimum atomic E-state index is -1.68. The first-order valence-electron chi connectivity index (χ1n) is 23.9. The molecule has 2 aliphatic carbocycles. The van der Waals surface area contributed by atoms with Crippen LogP contribution < -0.4 is 4.90 Å². The molecule has 0 radical (unpaired) electrons. The molecule has 2 atom stereocenters. The fourth-order valence-corrected chi connectivity index (χ4v) is 11.7. The Morgan fingerprint density at radius 2 is 0.676 bits per heavy atom. The van der Waals surface area contributed by atoms with Crippen molar-refractivity contribution in [3.8, 4) is 33.4 Å². The van der Waals surface area contributed by atoms with Gasteiger partial charge in [-0.1, -0.05) is 159 Å². The van der Waals surface area contributed by atoms with E-state index in [-0.39, 0.29) is 16.9 Å². The van der Waals surface area contributed by atoms with Gasteiger partial charge in [0, 0.05) is 52.5 Å². The quantitative estimate of drug-likeness (QED) is 0.123. The molecule has 0 heterocycles. The monoisotopic (exact) mass is 979 g/mol. The lowest BCUT2D eigenvalue weighted by atomic mass is 9.67. The first-order valence-corrected chi connectivity index (χ1v) is 23.9. The van der Waals surface area contributed by atoms with Crippen molar-refractivity contribution < 1.29 is 30.7 Å². The van der Waals surface area contributed by atoms with E-state index in [1.54, 1.807) is 60.7 Å². The van der Waals surface area contributed by atoms with Crippen LogP contribution in [-0.4, -0.2) is 0 Å². The van der Waals surface area contributed by atoms with E-state index in [4.69, 9.17) is 0 Å². The minimum Gasteiger partial charge on any atom is -0.310 e. The molecule has 0 N–H and O–H groups in total. The van der Waals surface area contributed by atoms with Crippen molar-refractivity contribution >= 4 is 29.2 Å². The van der Waals surface area contributed by atoms with Crippen LogP contribution in [0, 0.1) is 40.7 Å². The van der Waals surface area contributed by atoms with Gasteiger partial charge in [-0.3, -0.25) is 0 Å². The van der Waals surface area contributed by atoms with E-state index >= 15 is 17.6 Å². The molecule has 0 saturated heterocycles.